The first-order valence-corrected chi connectivity index (χ1v) is 2.64. The number of ether oxygens (including phenoxy) is 2. The summed E-state index contributed by atoms with van der Waals surface area (Å²) in [7, 11) is 2.57. The Morgan fingerprint density at radius 3 is 1.91 bits per heavy atom. The molecule has 0 aromatic carbocycles. The van der Waals surface area contributed by atoms with E-state index in [1.54, 1.807) is 0 Å². The number of carbonyl (C=O) groups is 1. The molecule has 0 saturated carbocycles. The molecule has 0 aliphatic carbocycles. The summed E-state index contributed by atoms with van der Waals surface area (Å²) in [6.45, 7) is -0.531. The highest BCUT2D eigenvalue weighted by molar-refractivity contribution is 5.70. The van der Waals surface area contributed by atoms with Gasteiger partial charge in [-0.3, -0.25) is 5.41 Å². The van der Waals surface area contributed by atoms with Crippen LogP contribution in [0, 0.1) is 5.41 Å². The quantitative estimate of drug-likeness (QED) is 0.253. The van der Waals surface area contributed by atoms with Gasteiger partial charge in [0, 0.05) is 0 Å². The molecule has 66 valence electrons. The van der Waals surface area contributed by atoms with Crippen molar-refractivity contribution < 1.29 is 19.4 Å². The smallest absolute Gasteiger partial charge is 0.331 e. The van der Waals surface area contributed by atoms with E-state index in [4.69, 9.17) is 10.5 Å². The summed E-state index contributed by atoms with van der Waals surface area (Å²) in [4.78, 5) is 9.71. The van der Waals surface area contributed by atoms with Crippen LogP contribution in [0.15, 0.2) is 0 Å². The van der Waals surface area contributed by atoms with Gasteiger partial charge in [0.15, 0.2) is 0 Å². The summed E-state index contributed by atoms with van der Waals surface area (Å²) < 4.78 is 8.12. The Morgan fingerprint density at radius 2 is 1.91 bits per heavy atom. The zero-order valence-electron chi connectivity index (χ0n) is 6.46. The van der Waals surface area contributed by atoms with Gasteiger partial charge in [-0.15, -0.1) is 0 Å². The summed E-state index contributed by atoms with van der Waals surface area (Å²) in [5, 5.41) is 14.2. The third kappa shape index (κ3) is 17.7. The fraction of sp³-hybridized carbons (Fsp3) is 0.600. The maximum Gasteiger partial charge on any atom is 0.331 e. The highest BCUT2D eigenvalue weighted by Crippen LogP contribution is 1.63. The van der Waals surface area contributed by atoms with Crippen molar-refractivity contribution in [1.29, 1.82) is 5.41 Å². The first-order valence-electron chi connectivity index (χ1n) is 2.64. The Hall–Kier alpha value is -1.30. The standard InChI is InChI=1S/C3H6O3.C2H6N2O/c1-6-3(5)2-4;1-5-2(3)4/h4H,2H2,1H3;1H3,(H3,3,4). The monoisotopic (exact) mass is 164 g/mol. The van der Waals surface area contributed by atoms with Crippen LogP contribution in [0.1, 0.15) is 0 Å². The van der Waals surface area contributed by atoms with Crippen LogP contribution in [-0.4, -0.2) is 37.9 Å². The predicted octanol–water partition coefficient (Wildman–Crippen LogP) is -1.32. The lowest BCUT2D eigenvalue weighted by Crippen LogP contribution is -2.10. The molecule has 0 atom stereocenters. The molecule has 0 aromatic rings. The second-order valence-corrected chi connectivity index (χ2v) is 1.30. The van der Waals surface area contributed by atoms with E-state index in [2.05, 4.69) is 15.2 Å². The highest BCUT2D eigenvalue weighted by atomic mass is 16.5. The van der Waals surface area contributed by atoms with Crippen molar-refractivity contribution in [3.05, 3.63) is 0 Å². The van der Waals surface area contributed by atoms with Crippen molar-refractivity contribution in [2.45, 2.75) is 0 Å². The van der Waals surface area contributed by atoms with Crippen LogP contribution in [0.25, 0.3) is 0 Å². The van der Waals surface area contributed by atoms with Gasteiger partial charge in [-0.05, 0) is 0 Å². The first-order chi connectivity index (χ1) is 5.08. The minimum atomic E-state index is -0.602. The summed E-state index contributed by atoms with van der Waals surface area (Å²) in [5.41, 5.74) is 4.65. The molecule has 0 spiro atoms. The van der Waals surface area contributed by atoms with Gasteiger partial charge >= 0.3 is 5.97 Å². The average Bonchev–Trinajstić information content (AvgIpc) is 2.04. The summed E-state index contributed by atoms with van der Waals surface area (Å²) in [6.07, 6.45) is 0. The number of aliphatic hydroxyl groups is 1. The number of esters is 1. The predicted molar refractivity (Wildman–Crippen MR) is 38.0 cm³/mol. The fourth-order valence-corrected chi connectivity index (χ4v) is 0.0645. The number of nitrogens with two attached hydrogens (primary N) is 1. The van der Waals surface area contributed by atoms with E-state index in [9.17, 15) is 4.79 Å². The number of carbonyl (C=O) groups excluding carboxylic acids is 1. The van der Waals surface area contributed by atoms with Gasteiger partial charge in [-0.1, -0.05) is 0 Å². The Bertz CT molecular complexity index is 120. The molecule has 0 radical (unpaired) electrons. The zero-order chi connectivity index (χ0) is 9.28. The maximum atomic E-state index is 9.71. The molecule has 0 rings (SSSR count). The largest absolute Gasteiger partial charge is 0.469 e. The number of aliphatic hydroxyl groups excluding tert-OH is 1. The normalized spacial score (nSPS) is 7.18. The number of hydrogen-bond donors (Lipinski definition) is 3. The van der Waals surface area contributed by atoms with Crippen molar-refractivity contribution in [2.75, 3.05) is 20.8 Å². The zero-order valence-corrected chi connectivity index (χ0v) is 6.46. The van der Waals surface area contributed by atoms with E-state index in [-0.39, 0.29) is 6.02 Å². The van der Waals surface area contributed by atoms with Crippen LogP contribution in [0.3, 0.4) is 0 Å². The molecule has 0 unspecified atom stereocenters. The van der Waals surface area contributed by atoms with Crippen LogP contribution in [0.2, 0.25) is 0 Å². The number of methoxy groups -OCH3 is 2. The van der Waals surface area contributed by atoms with Gasteiger partial charge < -0.3 is 20.3 Å². The molecule has 11 heavy (non-hydrogen) atoms. The minimum absolute atomic E-state index is 0.245. The molecule has 0 fully saturated rings. The second-order valence-electron chi connectivity index (χ2n) is 1.30. The Kier molecular flexibility index (Phi) is 9.79. The van der Waals surface area contributed by atoms with E-state index in [1.165, 1.54) is 14.2 Å². The minimum Gasteiger partial charge on any atom is -0.469 e. The third-order valence-electron chi connectivity index (χ3n) is 0.577. The van der Waals surface area contributed by atoms with Gasteiger partial charge in [0.25, 0.3) is 6.02 Å². The van der Waals surface area contributed by atoms with E-state index >= 15 is 0 Å². The van der Waals surface area contributed by atoms with Crippen LogP contribution in [-0.2, 0) is 14.3 Å². The van der Waals surface area contributed by atoms with Crippen molar-refractivity contribution in [3.8, 4) is 0 Å². The molecule has 4 N–H and O–H groups in total. The Labute approximate surface area is 64.4 Å². The van der Waals surface area contributed by atoms with Gasteiger partial charge in [-0.25, -0.2) is 4.79 Å². The number of nitrogens with one attached hydrogen (secondary N) is 1. The van der Waals surface area contributed by atoms with E-state index in [1.807, 2.05) is 0 Å². The molecule has 0 aliphatic heterocycles. The van der Waals surface area contributed by atoms with E-state index < -0.39 is 12.6 Å². The lowest BCUT2D eigenvalue weighted by molar-refractivity contribution is -0.143. The van der Waals surface area contributed by atoms with Crippen molar-refractivity contribution >= 4 is 12.0 Å². The van der Waals surface area contributed by atoms with Crippen molar-refractivity contribution in [2.24, 2.45) is 5.73 Å². The molecular formula is C5H12N2O4. The van der Waals surface area contributed by atoms with E-state index in [0.717, 1.165) is 0 Å². The molecule has 0 bridgehead atoms. The summed E-state index contributed by atoms with van der Waals surface area (Å²) in [6, 6.07) is -0.245. The Morgan fingerprint density at radius 1 is 1.55 bits per heavy atom. The van der Waals surface area contributed by atoms with Crippen LogP contribution < -0.4 is 5.73 Å². The molecule has 0 heterocycles. The first kappa shape index (κ1) is 12.4. The highest BCUT2D eigenvalue weighted by Gasteiger charge is 1.89. The third-order valence-corrected chi connectivity index (χ3v) is 0.577. The Balaban J connectivity index is 0. The maximum absolute atomic E-state index is 9.71. The van der Waals surface area contributed by atoms with Crippen LogP contribution in [0.5, 0.6) is 0 Å². The lowest BCUT2D eigenvalue weighted by atomic mass is 10.8. The van der Waals surface area contributed by atoms with Gasteiger partial charge in [-0.2, -0.15) is 0 Å². The van der Waals surface area contributed by atoms with Crippen LogP contribution >= 0.6 is 0 Å². The van der Waals surface area contributed by atoms with Gasteiger partial charge in [0.1, 0.15) is 6.61 Å². The number of amidine groups is 1. The molecule has 0 aromatic heterocycles. The number of hydrogen-bond acceptors (Lipinski definition) is 5. The molecule has 0 amide bonds. The molecular weight excluding hydrogens is 152 g/mol. The topological polar surface area (TPSA) is 106 Å². The van der Waals surface area contributed by atoms with Crippen LogP contribution in [0.4, 0.5) is 0 Å². The lowest BCUT2D eigenvalue weighted by Gasteiger charge is -1.86. The van der Waals surface area contributed by atoms with Crippen molar-refractivity contribution in [1.82, 2.24) is 0 Å². The molecule has 6 nitrogen and oxygen atoms in total. The average molecular weight is 164 g/mol. The fourth-order valence-electron chi connectivity index (χ4n) is 0.0645. The van der Waals surface area contributed by atoms with Gasteiger partial charge in [0.05, 0.1) is 14.2 Å². The molecule has 0 saturated heterocycles. The summed E-state index contributed by atoms with van der Waals surface area (Å²) >= 11 is 0. The molecule has 6 heteroatoms. The number of rotatable bonds is 1. The summed E-state index contributed by atoms with van der Waals surface area (Å²) in [5.74, 6) is -0.602. The SMILES string of the molecule is COC(=N)N.COC(=O)CO. The molecule has 0 aliphatic rings. The van der Waals surface area contributed by atoms with E-state index in [0.29, 0.717) is 0 Å². The second kappa shape index (κ2) is 8.70. The van der Waals surface area contributed by atoms with Crippen molar-refractivity contribution in [3.63, 3.8) is 0 Å². The van der Waals surface area contributed by atoms with Gasteiger partial charge in [0.2, 0.25) is 0 Å².